The number of aldehydes is 1. The molecule has 46 valence electrons. The number of carbonyl (C=O) groups is 1. The van der Waals surface area contributed by atoms with Crippen LogP contribution in [0.4, 0.5) is 0 Å². The zero-order chi connectivity index (χ0) is 6.69. The molecule has 0 atom stereocenters. The molecule has 3 heteroatoms. The van der Waals surface area contributed by atoms with Crippen molar-refractivity contribution in [2.45, 2.75) is 0 Å². The lowest BCUT2D eigenvalue weighted by Gasteiger charge is -1.87. The number of carbonyl (C=O) groups excluding carboxylic acids is 1. The second-order valence-corrected chi connectivity index (χ2v) is 2.63. The van der Waals surface area contributed by atoms with Gasteiger partial charge in [-0.05, 0) is 34.7 Å². The lowest BCUT2D eigenvalue weighted by molar-refractivity contribution is 0.112. The van der Waals surface area contributed by atoms with Gasteiger partial charge in [-0.15, -0.1) is 0 Å². The van der Waals surface area contributed by atoms with Crippen molar-refractivity contribution in [2.24, 2.45) is 0 Å². The van der Waals surface area contributed by atoms with E-state index >= 15 is 0 Å². The van der Waals surface area contributed by atoms with Crippen molar-refractivity contribution in [3.63, 3.8) is 0 Å². The quantitative estimate of drug-likeness (QED) is 0.418. The molecule has 0 spiro atoms. The van der Waals surface area contributed by atoms with Crippen LogP contribution in [0, 0.1) is 3.70 Å². The summed E-state index contributed by atoms with van der Waals surface area (Å²) in [6.07, 6.45) is 2.43. The van der Waals surface area contributed by atoms with Gasteiger partial charge in [0.1, 0.15) is 9.99 Å². The summed E-state index contributed by atoms with van der Waals surface area (Å²) in [6, 6.07) is 3.41. The molecule has 0 aliphatic carbocycles. The number of nitrogens with zero attached hydrogens (tertiary/aromatic N) is 1. The van der Waals surface area contributed by atoms with Gasteiger partial charge in [0.25, 0.3) is 0 Å². The Labute approximate surface area is 66.4 Å². The standard InChI is InChI=1S/C6H4INO/c7-6-3-5(4-9)1-2-8-6/h1-4H. The first kappa shape index (κ1) is 6.67. The summed E-state index contributed by atoms with van der Waals surface area (Å²) >= 11 is 2.06. The highest BCUT2D eigenvalue weighted by atomic mass is 127. The van der Waals surface area contributed by atoms with Gasteiger partial charge in [0.05, 0.1) is 0 Å². The van der Waals surface area contributed by atoms with Gasteiger partial charge in [0.2, 0.25) is 0 Å². The molecule has 1 heterocycles. The first-order valence-corrected chi connectivity index (χ1v) is 3.47. The molecule has 2 nitrogen and oxygen atoms in total. The van der Waals surface area contributed by atoms with E-state index in [9.17, 15) is 4.79 Å². The number of pyridine rings is 1. The van der Waals surface area contributed by atoms with Crippen molar-refractivity contribution >= 4 is 28.9 Å². The molecule has 0 amide bonds. The maximum Gasteiger partial charge on any atom is 0.150 e. The zero-order valence-electron chi connectivity index (χ0n) is 4.54. The number of halogens is 1. The van der Waals surface area contributed by atoms with E-state index in [2.05, 4.69) is 27.6 Å². The van der Waals surface area contributed by atoms with Gasteiger partial charge in [-0.25, -0.2) is 0 Å². The van der Waals surface area contributed by atoms with Gasteiger partial charge in [-0.2, -0.15) is 0 Å². The third-order valence-corrected chi connectivity index (χ3v) is 1.48. The Kier molecular flexibility index (Phi) is 2.16. The number of hydrogen-bond acceptors (Lipinski definition) is 2. The lowest BCUT2D eigenvalue weighted by atomic mass is 10.3. The fraction of sp³-hybridized carbons (Fsp3) is 0. The average Bonchev–Trinajstić information content (AvgIpc) is 1.88. The normalized spacial score (nSPS) is 9.00. The summed E-state index contributed by atoms with van der Waals surface area (Å²) in [5.74, 6) is 0. The summed E-state index contributed by atoms with van der Waals surface area (Å²) in [4.78, 5) is 14.0. The minimum absolute atomic E-state index is 0.675. The van der Waals surface area contributed by atoms with Gasteiger partial charge >= 0.3 is 0 Å². The van der Waals surface area contributed by atoms with E-state index in [0.717, 1.165) is 9.99 Å². The monoisotopic (exact) mass is 233 g/mol. The van der Waals surface area contributed by atoms with E-state index in [-0.39, 0.29) is 0 Å². The number of aromatic nitrogens is 1. The largest absolute Gasteiger partial charge is 0.298 e. The van der Waals surface area contributed by atoms with Crippen LogP contribution in [0.3, 0.4) is 0 Å². The van der Waals surface area contributed by atoms with Crippen LogP contribution in [0.15, 0.2) is 18.3 Å². The topological polar surface area (TPSA) is 30.0 Å². The van der Waals surface area contributed by atoms with E-state index in [0.29, 0.717) is 5.56 Å². The Morgan fingerprint density at radius 1 is 1.67 bits per heavy atom. The van der Waals surface area contributed by atoms with E-state index < -0.39 is 0 Å². The molecule has 0 saturated heterocycles. The second kappa shape index (κ2) is 2.91. The van der Waals surface area contributed by atoms with Crippen molar-refractivity contribution in [3.8, 4) is 0 Å². The summed E-state index contributed by atoms with van der Waals surface area (Å²) in [6.45, 7) is 0. The van der Waals surface area contributed by atoms with E-state index in [1.807, 2.05) is 0 Å². The van der Waals surface area contributed by atoms with E-state index in [1.54, 1.807) is 18.3 Å². The highest BCUT2D eigenvalue weighted by molar-refractivity contribution is 14.1. The Morgan fingerprint density at radius 2 is 2.44 bits per heavy atom. The molecule has 9 heavy (non-hydrogen) atoms. The van der Waals surface area contributed by atoms with Gasteiger partial charge in [0, 0.05) is 11.8 Å². The van der Waals surface area contributed by atoms with Crippen molar-refractivity contribution in [2.75, 3.05) is 0 Å². The van der Waals surface area contributed by atoms with Crippen LogP contribution in [0.25, 0.3) is 0 Å². The Morgan fingerprint density at radius 3 is 2.89 bits per heavy atom. The van der Waals surface area contributed by atoms with Crippen molar-refractivity contribution in [1.29, 1.82) is 0 Å². The molecule has 0 bridgehead atoms. The Hall–Kier alpha value is -0.450. The van der Waals surface area contributed by atoms with E-state index in [4.69, 9.17) is 0 Å². The fourth-order valence-electron chi connectivity index (χ4n) is 0.491. The molecule has 0 saturated carbocycles. The first-order valence-electron chi connectivity index (χ1n) is 2.39. The molecule has 0 unspecified atom stereocenters. The second-order valence-electron chi connectivity index (χ2n) is 1.53. The fourth-order valence-corrected chi connectivity index (χ4v) is 1.01. The average molecular weight is 233 g/mol. The summed E-state index contributed by atoms with van der Waals surface area (Å²) in [5.41, 5.74) is 0.675. The molecule has 0 fully saturated rings. The molecule has 0 radical (unpaired) electrons. The van der Waals surface area contributed by atoms with Gasteiger partial charge in [-0.3, -0.25) is 9.78 Å². The number of rotatable bonds is 1. The van der Waals surface area contributed by atoms with Crippen LogP contribution in [0.1, 0.15) is 10.4 Å². The summed E-state index contributed by atoms with van der Waals surface area (Å²) in [5, 5.41) is 0. The first-order chi connectivity index (χ1) is 4.33. The summed E-state index contributed by atoms with van der Waals surface area (Å²) < 4.78 is 0.845. The van der Waals surface area contributed by atoms with E-state index in [1.165, 1.54) is 0 Å². The van der Waals surface area contributed by atoms with Crippen molar-refractivity contribution in [1.82, 2.24) is 4.98 Å². The molecule has 0 aliphatic rings. The molecule has 0 aromatic carbocycles. The van der Waals surface area contributed by atoms with Crippen LogP contribution in [-0.2, 0) is 0 Å². The maximum atomic E-state index is 10.1. The minimum Gasteiger partial charge on any atom is -0.298 e. The molecule has 1 aromatic heterocycles. The van der Waals surface area contributed by atoms with Crippen LogP contribution in [0.5, 0.6) is 0 Å². The van der Waals surface area contributed by atoms with Crippen LogP contribution >= 0.6 is 22.6 Å². The van der Waals surface area contributed by atoms with Crippen molar-refractivity contribution < 1.29 is 4.79 Å². The van der Waals surface area contributed by atoms with Gasteiger partial charge in [-0.1, -0.05) is 0 Å². The molecule has 0 aliphatic heterocycles. The molecular weight excluding hydrogens is 229 g/mol. The maximum absolute atomic E-state index is 10.1. The molecule has 1 aromatic rings. The Bertz CT molecular complexity index is 224. The van der Waals surface area contributed by atoms with Crippen LogP contribution < -0.4 is 0 Å². The molecular formula is C6H4INO. The minimum atomic E-state index is 0.675. The summed E-state index contributed by atoms with van der Waals surface area (Å²) in [7, 11) is 0. The predicted octanol–water partition coefficient (Wildman–Crippen LogP) is 1.50. The highest BCUT2D eigenvalue weighted by Crippen LogP contribution is 2.00. The SMILES string of the molecule is O=Cc1ccnc(I)c1. The van der Waals surface area contributed by atoms with Crippen LogP contribution in [-0.4, -0.2) is 11.3 Å². The third kappa shape index (κ3) is 1.74. The van der Waals surface area contributed by atoms with Gasteiger partial charge in [0.15, 0.2) is 0 Å². The van der Waals surface area contributed by atoms with Crippen LogP contribution in [0.2, 0.25) is 0 Å². The van der Waals surface area contributed by atoms with Crippen molar-refractivity contribution in [3.05, 3.63) is 27.6 Å². The number of hydrogen-bond donors (Lipinski definition) is 0. The molecule has 1 rings (SSSR count). The Balaban J connectivity index is 3.07. The predicted molar refractivity (Wildman–Crippen MR) is 42.3 cm³/mol. The smallest absolute Gasteiger partial charge is 0.150 e. The highest BCUT2D eigenvalue weighted by Gasteiger charge is 1.88. The zero-order valence-corrected chi connectivity index (χ0v) is 6.70. The molecule has 0 N–H and O–H groups in total. The van der Waals surface area contributed by atoms with Gasteiger partial charge < -0.3 is 0 Å². The lowest BCUT2D eigenvalue weighted by Crippen LogP contribution is -1.82. The third-order valence-electron chi connectivity index (χ3n) is 0.887.